The molecule has 0 aliphatic carbocycles. The predicted molar refractivity (Wildman–Crippen MR) is 200 cm³/mol. The normalized spacial score (nSPS) is 11.3. The molecule has 0 amide bonds. The number of para-hydroxylation sites is 2. The summed E-state index contributed by atoms with van der Waals surface area (Å²) >= 11 is 0. The summed E-state index contributed by atoms with van der Waals surface area (Å²) in [7, 11) is 0. The molecule has 0 saturated carbocycles. The van der Waals surface area contributed by atoms with Gasteiger partial charge in [0, 0.05) is 45.4 Å². The van der Waals surface area contributed by atoms with Crippen LogP contribution >= 0.6 is 0 Å². The first kappa shape index (κ1) is 28.6. The van der Waals surface area contributed by atoms with E-state index in [1.165, 1.54) is 5.56 Å². The highest BCUT2D eigenvalue weighted by Crippen LogP contribution is 2.37. The van der Waals surface area contributed by atoms with E-state index in [9.17, 15) is 0 Å². The molecule has 0 aliphatic heterocycles. The van der Waals surface area contributed by atoms with Crippen molar-refractivity contribution in [2.75, 3.05) is 0 Å². The lowest BCUT2D eigenvalue weighted by molar-refractivity contribution is 0.670. The van der Waals surface area contributed by atoms with Gasteiger partial charge in [-0.15, -0.1) is 0 Å². The SMILES string of the molecule is c1ccc(-c2ccc(-c3cc(-c4cccc(-c5cccc6c5oc5ccccc56)c4)nc(-c4ccc(-c5ccncc5)cc4)n3)cc2)cc1. The minimum Gasteiger partial charge on any atom is -0.455 e. The molecule has 0 aliphatic rings. The number of nitrogens with zero attached hydrogens (tertiary/aromatic N) is 3. The Hall–Kier alpha value is -6.65. The first-order chi connectivity index (χ1) is 24.3. The van der Waals surface area contributed by atoms with E-state index >= 15 is 0 Å². The molecular weight excluding hydrogens is 599 g/mol. The zero-order valence-electron chi connectivity index (χ0n) is 26.5. The van der Waals surface area contributed by atoms with Crippen LogP contribution in [0.2, 0.25) is 0 Å². The van der Waals surface area contributed by atoms with Gasteiger partial charge < -0.3 is 4.42 Å². The zero-order chi connectivity index (χ0) is 32.6. The third kappa shape index (κ3) is 5.45. The van der Waals surface area contributed by atoms with Gasteiger partial charge in [0.15, 0.2) is 5.82 Å². The average molecular weight is 628 g/mol. The Balaban J connectivity index is 1.16. The van der Waals surface area contributed by atoms with Crippen LogP contribution in [0.15, 0.2) is 181 Å². The van der Waals surface area contributed by atoms with Gasteiger partial charge in [-0.05, 0) is 58.1 Å². The molecule has 3 heterocycles. The second-order valence-electron chi connectivity index (χ2n) is 12.1. The first-order valence-electron chi connectivity index (χ1n) is 16.3. The van der Waals surface area contributed by atoms with Gasteiger partial charge in [0.1, 0.15) is 11.2 Å². The molecule has 0 N–H and O–H groups in total. The van der Waals surface area contributed by atoms with Crippen LogP contribution in [-0.2, 0) is 0 Å². The summed E-state index contributed by atoms with van der Waals surface area (Å²) in [5.74, 6) is 0.672. The third-order valence-electron chi connectivity index (χ3n) is 9.04. The van der Waals surface area contributed by atoms with E-state index < -0.39 is 0 Å². The van der Waals surface area contributed by atoms with Crippen LogP contribution in [0.5, 0.6) is 0 Å². The number of aromatic nitrogens is 3. The first-order valence-corrected chi connectivity index (χ1v) is 16.3. The molecule has 4 nitrogen and oxygen atoms in total. The van der Waals surface area contributed by atoms with Crippen molar-refractivity contribution in [3.8, 4) is 67.3 Å². The fourth-order valence-electron chi connectivity index (χ4n) is 6.51. The highest BCUT2D eigenvalue weighted by molar-refractivity contribution is 6.09. The minimum atomic E-state index is 0.672. The van der Waals surface area contributed by atoms with E-state index in [1.807, 2.05) is 42.7 Å². The summed E-state index contributed by atoms with van der Waals surface area (Å²) in [6.45, 7) is 0. The summed E-state index contributed by atoms with van der Waals surface area (Å²) in [6.07, 6.45) is 3.63. The Labute approximate surface area is 284 Å². The van der Waals surface area contributed by atoms with E-state index in [-0.39, 0.29) is 0 Å². The lowest BCUT2D eigenvalue weighted by Crippen LogP contribution is -1.96. The maximum atomic E-state index is 6.39. The molecular formula is C45H29N3O. The van der Waals surface area contributed by atoms with Gasteiger partial charge in [0.2, 0.25) is 0 Å². The van der Waals surface area contributed by atoms with Crippen molar-refractivity contribution in [3.63, 3.8) is 0 Å². The standard InChI is InChI=1S/C45H29N3O/c1-2-8-30(9-3-1)31-16-20-34(21-17-31)41-29-42(48-45(47-41)35-22-18-32(19-23-35)33-24-26-46-27-25-33)37-11-6-10-36(28-37)38-13-7-14-40-39-12-4-5-15-43(39)49-44(38)40/h1-29H. The van der Waals surface area contributed by atoms with Crippen molar-refractivity contribution in [3.05, 3.63) is 176 Å². The summed E-state index contributed by atoms with van der Waals surface area (Å²) in [6, 6.07) is 56.6. The minimum absolute atomic E-state index is 0.672. The summed E-state index contributed by atoms with van der Waals surface area (Å²) < 4.78 is 6.39. The van der Waals surface area contributed by atoms with Crippen molar-refractivity contribution < 1.29 is 4.42 Å². The smallest absolute Gasteiger partial charge is 0.160 e. The number of hydrogen-bond donors (Lipinski definition) is 0. The molecule has 0 bridgehead atoms. The average Bonchev–Trinajstić information content (AvgIpc) is 3.58. The molecule has 0 atom stereocenters. The number of rotatable bonds is 6. The van der Waals surface area contributed by atoms with Crippen molar-refractivity contribution in [2.45, 2.75) is 0 Å². The van der Waals surface area contributed by atoms with E-state index in [4.69, 9.17) is 14.4 Å². The van der Waals surface area contributed by atoms with E-state index in [0.29, 0.717) is 5.82 Å². The number of furan rings is 1. The molecule has 49 heavy (non-hydrogen) atoms. The molecule has 0 saturated heterocycles. The van der Waals surface area contributed by atoms with Crippen LogP contribution in [0.4, 0.5) is 0 Å². The van der Waals surface area contributed by atoms with E-state index in [2.05, 4.69) is 138 Å². The Bertz CT molecular complexity index is 2470. The van der Waals surface area contributed by atoms with E-state index in [1.54, 1.807) is 0 Å². The number of benzene rings is 6. The van der Waals surface area contributed by atoms with E-state index in [0.717, 1.165) is 77.8 Å². The van der Waals surface area contributed by atoms with Crippen LogP contribution in [-0.4, -0.2) is 15.0 Å². The fraction of sp³-hybridized carbons (Fsp3) is 0. The van der Waals surface area contributed by atoms with Gasteiger partial charge in [-0.1, -0.05) is 133 Å². The Morgan fingerprint density at radius 3 is 1.69 bits per heavy atom. The second-order valence-corrected chi connectivity index (χ2v) is 12.1. The summed E-state index contributed by atoms with van der Waals surface area (Å²) in [5, 5.41) is 2.23. The van der Waals surface area contributed by atoms with Crippen molar-refractivity contribution in [1.82, 2.24) is 15.0 Å². The predicted octanol–water partition coefficient (Wildman–Crippen LogP) is 11.8. The number of hydrogen-bond acceptors (Lipinski definition) is 4. The fourth-order valence-corrected chi connectivity index (χ4v) is 6.51. The Morgan fingerprint density at radius 1 is 0.367 bits per heavy atom. The maximum absolute atomic E-state index is 6.39. The zero-order valence-corrected chi connectivity index (χ0v) is 26.5. The van der Waals surface area contributed by atoms with Crippen molar-refractivity contribution >= 4 is 21.9 Å². The molecule has 0 radical (unpaired) electrons. The lowest BCUT2D eigenvalue weighted by Gasteiger charge is -2.12. The quantitative estimate of drug-likeness (QED) is 0.184. The van der Waals surface area contributed by atoms with Crippen LogP contribution in [0.25, 0.3) is 89.2 Å². The lowest BCUT2D eigenvalue weighted by atomic mass is 9.98. The van der Waals surface area contributed by atoms with Gasteiger partial charge >= 0.3 is 0 Å². The van der Waals surface area contributed by atoms with Crippen LogP contribution in [0, 0.1) is 0 Å². The molecule has 3 aromatic heterocycles. The van der Waals surface area contributed by atoms with Gasteiger partial charge in [-0.25, -0.2) is 9.97 Å². The van der Waals surface area contributed by atoms with Crippen molar-refractivity contribution in [2.24, 2.45) is 0 Å². The molecule has 6 aromatic carbocycles. The van der Waals surface area contributed by atoms with Crippen LogP contribution < -0.4 is 0 Å². The molecule has 9 aromatic rings. The Morgan fingerprint density at radius 2 is 0.918 bits per heavy atom. The molecule has 0 unspecified atom stereocenters. The van der Waals surface area contributed by atoms with Crippen molar-refractivity contribution in [1.29, 1.82) is 0 Å². The number of fused-ring (bicyclic) bond motifs is 3. The molecule has 9 rings (SSSR count). The summed E-state index contributed by atoms with van der Waals surface area (Å²) in [5.41, 5.74) is 13.2. The van der Waals surface area contributed by atoms with Gasteiger partial charge in [0.25, 0.3) is 0 Å². The van der Waals surface area contributed by atoms with Crippen LogP contribution in [0.3, 0.4) is 0 Å². The molecule has 0 spiro atoms. The molecule has 4 heteroatoms. The van der Waals surface area contributed by atoms with Gasteiger partial charge in [-0.2, -0.15) is 0 Å². The number of pyridine rings is 1. The second kappa shape index (κ2) is 12.2. The highest BCUT2D eigenvalue weighted by Gasteiger charge is 2.15. The largest absolute Gasteiger partial charge is 0.455 e. The van der Waals surface area contributed by atoms with Gasteiger partial charge in [0.05, 0.1) is 11.4 Å². The monoisotopic (exact) mass is 627 g/mol. The molecule has 0 fully saturated rings. The summed E-state index contributed by atoms with van der Waals surface area (Å²) in [4.78, 5) is 14.4. The maximum Gasteiger partial charge on any atom is 0.160 e. The van der Waals surface area contributed by atoms with Gasteiger partial charge in [-0.3, -0.25) is 4.98 Å². The topological polar surface area (TPSA) is 51.8 Å². The Kier molecular flexibility index (Phi) is 7.10. The van der Waals surface area contributed by atoms with Crippen LogP contribution in [0.1, 0.15) is 0 Å². The highest BCUT2D eigenvalue weighted by atomic mass is 16.3. The molecule has 230 valence electrons. The third-order valence-corrected chi connectivity index (χ3v) is 9.04.